The SMILES string of the molecule is CCn1nc(C)c(N)c1C(=O)N(C)Cc1ccc(F)cc1. The van der Waals surface area contributed by atoms with Gasteiger partial charge in [0.05, 0.1) is 11.4 Å². The first-order valence-electron chi connectivity index (χ1n) is 6.76. The van der Waals surface area contributed by atoms with Crippen LogP contribution < -0.4 is 5.73 Å². The van der Waals surface area contributed by atoms with Crippen molar-refractivity contribution in [2.45, 2.75) is 26.9 Å². The highest BCUT2D eigenvalue weighted by atomic mass is 19.1. The second kappa shape index (κ2) is 5.95. The molecule has 0 atom stereocenters. The summed E-state index contributed by atoms with van der Waals surface area (Å²) in [6.07, 6.45) is 0. The molecular formula is C15H19FN4O. The lowest BCUT2D eigenvalue weighted by molar-refractivity contribution is 0.0774. The quantitative estimate of drug-likeness (QED) is 0.939. The predicted octanol–water partition coefficient (Wildman–Crippen LogP) is 2.20. The maximum Gasteiger partial charge on any atom is 0.274 e. The van der Waals surface area contributed by atoms with Gasteiger partial charge in [0, 0.05) is 20.1 Å². The molecule has 0 aliphatic carbocycles. The van der Waals surface area contributed by atoms with E-state index in [0.717, 1.165) is 5.56 Å². The Bertz CT molecular complexity index is 648. The maximum atomic E-state index is 12.9. The Kier molecular flexibility index (Phi) is 4.26. The Morgan fingerprint density at radius 3 is 2.57 bits per heavy atom. The van der Waals surface area contributed by atoms with E-state index in [1.807, 2.05) is 6.92 Å². The molecule has 2 aromatic rings. The molecule has 0 spiro atoms. The van der Waals surface area contributed by atoms with Gasteiger partial charge in [-0.2, -0.15) is 5.10 Å². The van der Waals surface area contributed by atoms with Gasteiger partial charge in [0.2, 0.25) is 0 Å². The third-order valence-electron chi connectivity index (χ3n) is 3.36. The zero-order valence-electron chi connectivity index (χ0n) is 12.4. The molecular weight excluding hydrogens is 271 g/mol. The molecule has 5 nitrogen and oxygen atoms in total. The Morgan fingerprint density at radius 2 is 2.00 bits per heavy atom. The average Bonchev–Trinajstić information content (AvgIpc) is 2.76. The van der Waals surface area contributed by atoms with Crippen LogP contribution in [0.3, 0.4) is 0 Å². The summed E-state index contributed by atoms with van der Waals surface area (Å²) in [4.78, 5) is 14.1. The molecule has 0 saturated carbocycles. The fraction of sp³-hybridized carbons (Fsp3) is 0.333. The highest BCUT2D eigenvalue weighted by Gasteiger charge is 2.22. The van der Waals surface area contributed by atoms with Gasteiger partial charge in [-0.3, -0.25) is 9.48 Å². The van der Waals surface area contributed by atoms with Gasteiger partial charge in [-0.25, -0.2) is 4.39 Å². The highest BCUT2D eigenvalue weighted by Crippen LogP contribution is 2.19. The lowest BCUT2D eigenvalue weighted by Crippen LogP contribution is -2.29. The standard InChI is InChI=1S/C15H19FN4O/c1-4-20-14(13(17)10(2)18-20)15(21)19(3)9-11-5-7-12(16)8-6-11/h5-8H,4,9,17H2,1-3H3. The van der Waals surface area contributed by atoms with Crippen molar-refractivity contribution < 1.29 is 9.18 Å². The fourth-order valence-corrected chi connectivity index (χ4v) is 2.17. The molecule has 0 unspecified atom stereocenters. The van der Waals surface area contributed by atoms with Crippen molar-refractivity contribution in [2.75, 3.05) is 12.8 Å². The lowest BCUT2D eigenvalue weighted by Gasteiger charge is -2.18. The first kappa shape index (κ1) is 15.0. The number of hydrogen-bond acceptors (Lipinski definition) is 3. The van der Waals surface area contributed by atoms with E-state index < -0.39 is 0 Å². The Balaban J connectivity index is 2.21. The first-order chi connectivity index (χ1) is 9.93. The molecule has 0 bridgehead atoms. The van der Waals surface area contributed by atoms with Crippen molar-refractivity contribution in [3.8, 4) is 0 Å². The van der Waals surface area contributed by atoms with Crippen molar-refractivity contribution in [3.63, 3.8) is 0 Å². The summed E-state index contributed by atoms with van der Waals surface area (Å²) < 4.78 is 14.5. The number of hydrogen-bond donors (Lipinski definition) is 1. The number of nitrogens with two attached hydrogens (primary N) is 1. The van der Waals surface area contributed by atoms with E-state index in [1.165, 1.54) is 12.1 Å². The third-order valence-corrected chi connectivity index (χ3v) is 3.36. The van der Waals surface area contributed by atoms with E-state index in [1.54, 1.807) is 35.7 Å². The summed E-state index contributed by atoms with van der Waals surface area (Å²) in [5, 5.41) is 4.25. The van der Waals surface area contributed by atoms with Crippen LogP contribution in [-0.4, -0.2) is 27.6 Å². The van der Waals surface area contributed by atoms with Crippen molar-refractivity contribution >= 4 is 11.6 Å². The van der Waals surface area contributed by atoms with Crippen LogP contribution in [0.2, 0.25) is 0 Å². The molecule has 0 radical (unpaired) electrons. The topological polar surface area (TPSA) is 64.2 Å². The highest BCUT2D eigenvalue weighted by molar-refractivity contribution is 5.97. The van der Waals surface area contributed by atoms with E-state index in [2.05, 4.69) is 5.10 Å². The first-order valence-corrected chi connectivity index (χ1v) is 6.76. The number of halogens is 1. The van der Waals surface area contributed by atoms with Crippen LogP contribution >= 0.6 is 0 Å². The number of carbonyl (C=O) groups is 1. The van der Waals surface area contributed by atoms with Gasteiger partial charge in [-0.05, 0) is 31.5 Å². The number of aromatic nitrogens is 2. The molecule has 112 valence electrons. The van der Waals surface area contributed by atoms with Gasteiger partial charge < -0.3 is 10.6 Å². The van der Waals surface area contributed by atoms with Gasteiger partial charge in [0.25, 0.3) is 5.91 Å². The second-order valence-corrected chi connectivity index (χ2v) is 4.95. The molecule has 2 N–H and O–H groups in total. The monoisotopic (exact) mass is 290 g/mol. The van der Waals surface area contributed by atoms with Gasteiger partial charge in [0.15, 0.2) is 0 Å². The number of benzene rings is 1. The average molecular weight is 290 g/mol. The van der Waals surface area contributed by atoms with E-state index in [-0.39, 0.29) is 11.7 Å². The molecule has 0 saturated heterocycles. The van der Waals surface area contributed by atoms with E-state index in [4.69, 9.17) is 5.73 Å². The molecule has 2 rings (SSSR count). The van der Waals surface area contributed by atoms with Crippen LogP contribution in [0.1, 0.15) is 28.7 Å². The number of aryl methyl sites for hydroxylation is 2. The molecule has 0 aliphatic rings. The van der Waals surface area contributed by atoms with Gasteiger partial charge in [0.1, 0.15) is 11.5 Å². The summed E-state index contributed by atoms with van der Waals surface area (Å²) in [6.45, 7) is 4.64. The molecule has 0 fully saturated rings. The normalized spacial score (nSPS) is 10.7. The molecule has 1 aromatic heterocycles. The molecule has 21 heavy (non-hydrogen) atoms. The van der Waals surface area contributed by atoms with Gasteiger partial charge in [-0.1, -0.05) is 12.1 Å². The molecule has 1 heterocycles. The Hall–Kier alpha value is -2.37. The summed E-state index contributed by atoms with van der Waals surface area (Å²) in [5.74, 6) is -0.490. The summed E-state index contributed by atoms with van der Waals surface area (Å²) >= 11 is 0. The second-order valence-electron chi connectivity index (χ2n) is 4.95. The predicted molar refractivity (Wildman–Crippen MR) is 79.2 cm³/mol. The summed E-state index contributed by atoms with van der Waals surface area (Å²) in [6, 6.07) is 6.07. The van der Waals surface area contributed by atoms with E-state index >= 15 is 0 Å². The number of carbonyl (C=O) groups excluding carboxylic acids is 1. The number of nitrogen functional groups attached to an aromatic ring is 1. The molecule has 1 aromatic carbocycles. The van der Waals surface area contributed by atoms with Crippen LogP contribution in [-0.2, 0) is 13.1 Å². The third kappa shape index (κ3) is 3.04. The van der Waals surface area contributed by atoms with Gasteiger partial charge >= 0.3 is 0 Å². The summed E-state index contributed by atoms with van der Waals surface area (Å²) in [7, 11) is 1.69. The van der Waals surface area contributed by atoms with Crippen molar-refractivity contribution in [3.05, 3.63) is 47.0 Å². The number of amides is 1. The minimum Gasteiger partial charge on any atom is -0.395 e. The van der Waals surface area contributed by atoms with Crippen molar-refractivity contribution in [2.24, 2.45) is 0 Å². The van der Waals surface area contributed by atoms with E-state index in [0.29, 0.717) is 30.2 Å². The largest absolute Gasteiger partial charge is 0.395 e. The molecule has 6 heteroatoms. The number of rotatable bonds is 4. The number of nitrogens with zero attached hydrogens (tertiary/aromatic N) is 3. The zero-order chi connectivity index (χ0) is 15.6. The number of anilines is 1. The van der Waals surface area contributed by atoms with Crippen LogP contribution in [0.15, 0.2) is 24.3 Å². The minimum atomic E-state index is -0.295. The Labute approximate surface area is 123 Å². The van der Waals surface area contributed by atoms with Gasteiger partial charge in [-0.15, -0.1) is 0 Å². The Morgan fingerprint density at radius 1 is 1.38 bits per heavy atom. The van der Waals surface area contributed by atoms with Crippen LogP contribution in [0.5, 0.6) is 0 Å². The van der Waals surface area contributed by atoms with Crippen molar-refractivity contribution in [1.82, 2.24) is 14.7 Å². The van der Waals surface area contributed by atoms with Crippen LogP contribution in [0.25, 0.3) is 0 Å². The van der Waals surface area contributed by atoms with Crippen LogP contribution in [0, 0.1) is 12.7 Å². The minimum absolute atomic E-state index is 0.195. The molecule has 0 aliphatic heterocycles. The smallest absolute Gasteiger partial charge is 0.274 e. The maximum absolute atomic E-state index is 12.9. The van der Waals surface area contributed by atoms with Crippen LogP contribution in [0.4, 0.5) is 10.1 Å². The van der Waals surface area contributed by atoms with Crippen molar-refractivity contribution in [1.29, 1.82) is 0 Å². The summed E-state index contributed by atoms with van der Waals surface area (Å²) in [5.41, 5.74) is 8.26. The molecule has 1 amide bonds. The fourth-order valence-electron chi connectivity index (χ4n) is 2.17. The zero-order valence-corrected chi connectivity index (χ0v) is 12.4. The lowest BCUT2D eigenvalue weighted by atomic mass is 10.2. The van der Waals surface area contributed by atoms with E-state index in [9.17, 15) is 9.18 Å².